The zero-order valence-corrected chi connectivity index (χ0v) is 17.6. The molecule has 1 aromatic rings. The fraction of sp³-hybridized carbons (Fsp3) is 0.789. The number of likely N-dealkylation sites (tertiary alicyclic amines) is 1. The average Bonchev–Trinajstić information content (AvgIpc) is 2.59. The van der Waals surface area contributed by atoms with Crippen molar-refractivity contribution in [2.75, 3.05) is 50.1 Å². The van der Waals surface area contributed by atoms with Gasteiger partial charge in [-0.1, -0.05) is 27.7 Å². The second kappa shape index (κ2) is 9.30. The van der Waals surface area contributed by atoms with Crippen LogP contribution in [0.1, 0.15) is 40.5 Å². The van der Waals surface area contributed by atoms with Gasteiger partial charge in [0.05, 0.1) is 4.92 Å². The Labute approximate surface area is 162 Å². The molecule has 1 fully saturated rings. The quantitative estimate of drug-likeness (QED) is 0.508. The van der Waals surface area contributed by atoms with E-state index in [1.807, 2.05) is 16.8 Å². The van der Waals surface area contributed by atoms with Crippen LogP contribution in [0.25, 0.3) is 0 Å². The van der Waals surface area contributed by atoms with Gasteiger partial charge in [-0.3, -0.25) is 10.1 Å². The predicted octanol–water partition coefficient (Wildman–Crippen LogP) is 3.03. The molecule has 0 aliphatic carbocycles. The van der Waals surface area contributed by atoms with Crippen LogP contribution in [0, 0.1) is 22.0 Å². The van der Waals surface area contributed by atoms with Gasteiger partial charge in [-0.25, -0.2) is 9.97 Å². The lowest BCUT2D eigenvalue weighted by molar-refractivity contribution is -0.383. The van der Waals surface area contributed by atoms with E-state index in [1.54, 1.807) is 0 Å². The van der Waals surface area contributed by atoms with Gasteiger partial charge < -0.3 is 14.7 Å². The van der Waals surface area contributed by atoms with E-state index in [4.69, 9.17) is 0 Å². The van der Waals surface area contributed by atoms with Crippen molar-refractivity contribution < 1.29 is 4.92 Å². The molecule has 1 aliphatic heterocycles. The molecule has 0 saturated carbocycles. The number of piperidine rings is 1. The summed E-state index contributed by atoms with van der Waals surface area (Å²) in [6.45, 7) is 11.9. The van der Waals surface area contributed by atoms with Gasteiger partial charge in [0.2, 0.25) is 11.6 Å². The maximum atomic E-state index is 12.0. The Balaban J connectivity index is 2.41. The normalized spacial score (nSPS) is 16.1. The van der Waals surface area contributed by atoms with Crippen LogP contribution in [0.4, 0.5) is 17.3 Å². The highest BCUT2D eigenvalue weighted by Crippen LogP contribution is 2.36. The summed E-state index contributed by atoms with van der Waals surface area (Å²) in [5.74, 6) is 1.63. The third kappa shape index (κ3) is 5.51. The zero-order chi connectivity index (χ0) is 20.1. The van der Waals surface area contributed by atoms with Gasteiger partial charge >= 0.3 is 5.69 Å². The summed E-state index contributed by atoms with van der Waals surface area (Å²) >= 11 is 0. The van der Waals surface area contributed by atoms with E-state index in [2.05, 4.69) is 49.6 Å². The van der Waals surface area contributed by atoms with Crippen LogP contribution in [0.3, 0.4) is 0 Å². The summed E-state index contributed by atoms with van der Waals surface area (Å²) in [5.41, 5.74) is 0.0280. The molecule has 0 N–H and O–H groups in total. The molecular weight excluding hydrogens is 344 g/mol. The Morgan fingerprint density at radius 1 is 1.15 bits per heavy atom. The molecule has 152 valence electrons. The molecular formula is C19H34N6O2. The minimum absolute atomic E-state index is 0.0280. The van der Waals surface area contributed by atoms with Crippen molar-refractivity contribution in [2.45, 2.75) is 46.6 Å². The largest absolute Gasteiger partial charge is 0.353 e. The Morgan fingerprint density at radius 2 is 1.67 bits per heavy atom. The summed E-state index contributed by atoms with van der Waals surface area (Å²) < 4.78 is 0. The Bertz CT molecular complexity index is 619. The molecule has 8 nitrogen and oxygen atoms in total. The van der Waals surface area contributed by atoms with Crippen LogP contribution >= 0.6 is 0 Å². The molecule has 1 saturated heterocycles. The van der Waals surface area contributed by atoms with Crippen molar-refractivity contribution in [3.63, 3.8) is 0 Å². The highest BCUT2D eigenvalue weighted by atomic mass is 16.6. The van der Waals surface area contributed by atoms with E-state index in [1.165, 1.54) is 6.33 Å². The fourth-order valence-electron chi connectivity index (χ4n) is 3.70. The van der Waals surface area contributed by atoms with Crippen molar-refractivity contribution in [1.29, 1.82) is 0 Å². The van der Waals surface area contributed by atoms with Crippen molar-refractivity contribution in [2.24, 2.45) is 11.8 Å². The van der Waals surface area contributed by atoms with Gasteiger partial charge in [0.1, 0.15) is 6.33 Å². The highest BCUT2D eigenvalue weighted by molar-refractivity contribution is 5.71. The molecule has 1 aliphatic rings. The van der Waals surface area contributed by atoms with Crippen molar-refractivity contribution in [3.05, 3.63) is 16.4 Å². The lowest BCUT2D eigenvalue weighted by Crippen LogP contribution is -2.42. The Morgan fingerprint density at radius 3 is 2.15 bits per heavy atom. The first-order valence-electron chi connectivity index (χ1n) is 9.86. The first kappa shape index (κ1) is 21.3. The van der Waals surface area contributed by atoms with Crippen LogP contribution in [0.15, 0.2) is 6.33 Å². The van der Waals surface area contributed by atoms with E-state index >= 15 is 0 Å². The van der Waals surface area contributed by atoms with Crippen molar-refractivity contribution >= 4 is 17.3 Å². The van der Waals surface area contributed by atoms with E-state index in [0.717, 1.165) is 39.0 Å². The van der Waals surface area contributed by atoms with Crippen LogP contribution in [0.5, 0.6) is 0 Å². The molecule has 0 spiro atoms. The molecule has 2 rings (SSSR count). The fourth-order valence-corrected chi connectivity index (χ4v) is 3.70. The molecule has 8 heteroatoms. The molecule has 0 atom stereocenters. The molecule has 0 aromatic carbocycles. The number of anilines is 2. The number of rotatable bonds is 8. The van der Waals surface area contributed by atoms with Crippen LogP contribution in [0.2, 0.25) is 0 Å². The van der Waals surface area contributed by atoms with E-state index in [9.17, 15) is 10.1 Å². The lowest BCUT2D eigenvalue weighted by Gasteiger charge is -2.36. The maximum Gasteiger partial charge on any atom is 0.353 e. The summed E-state index contributed by atoms with van der Waals surface area (Å²) in [6.07, 6.45) is 3.42. The van der Waals surface area contributed by atoms with Crippen molar-refractivity contribution in [3.8, 4) is 0 Å². The second-order valence-corrected chi connectivity index (χ2v) is 8.46. The number of nitro groups is 1. The van der Waals surface area contributed by atoms with Gasteiger partial charge in [-0.2, -0.15) is 0 Å². The summed E-state index contributed by atoms with van der Waals surface area (Å²) in [7, 11) is 4.03. The molecule has 0 amide bonds. The maximum absolute atomic E-state index is 12.0. The number of aromatic nitrogens is 2. The third-order valence-electron chi connectivity index (χ3n) is 5.01. The summed E-state index contributed by atoms with van der Waals surface area (Å²) in [6, 6.07) is 0.256. The van der Waals surface area contributed by atoms with Gasteiger partial charge in [0.15, 0.2) is 0 Å². The number of hydrogen-bond acceptors (Lipinski definition) is 7. The van der Waals surface area contributed by atoms with E-state index < -0.39 is 0 Å². The first-order valence-corrected chi connectivity index (χ1v) is 9.86. The molecule has 2 heterocycles. The number of nitrogens with zero attached hydrogens (tertiary/aromatic N) is 6. The zero-order valence-electron chi connectivity index (χ0n) is 17.6. The summed E-state index contributed by atoms with van der Waals surface area (Å²) in [4.78, 5) is 26.7. The lowest BCUT2D eigenvalue weighted by atomic mass is 10.0. The smallest absolute Gasteiger partial charge is 0.351 e. The van der Waals surface area contributed by atoms with E-state index in [0.29, 0.717) is 23.5 Å². The van der Waals surface area contributed by atoms with Gasteiger partial charge in [0, 0.05) is 26.2 Å². The van der Waals surface area contributed by atoms with Crippen LogP contribution in [-0.4, -0.2) is 66.1 Å². The highest BCUT2D eigenvalue weighted by Gasteiger charge is 2.32. The minimum Gasteiger partial charge on any atom is -0.351 e. The minimum atomic E-state index is -0.316. The standard InChI is InChI=1S/C19H34N6O2/c1-14(2)11-24(12-15(3)4)19-17(25(26)27)18(20-13-21-19)23(6)16-7-9-22(5)10-8-16/h13-16H,7-12H2,1-6H3. The van der Waals surface area contributed by atoms with Gasteiger partial charge in [0.25, 0.3) is 0 Å². The third-order valence-corrected chi connectivity index (χ3v) is 5.01. The number of hydrogen-bond donors (Lipinski definition) is 0. The SMILES string of the molecule is CC(C)CN(CC(C)C)c1ncnc(N(C)C2CCN(C)CC2)c1[N+](=O)[O-]. The van der Waals surface area contributed by atoms with Crippen molar-refractivity contribution in [1.82, 2.24) is 14.9 Å². The predicted molar refractivity (Wildman–Crippen MR) is 109 cm³/mol. The molecule has 0 radical (unpaired) electrons. The Kier molecular flexibility index (Phi) is 7.35. The molecule has 1 aromatic heterocycles. The van der Waals surface area contributed by atoms with Crippen LogP contribution < -0.4 is 9.80 Å². The monoisotopic (exact) mass is 378 g/mol. The van der Waals surface area contributed by atoms with E-state index in [-0.39, 0.29) is 16.7 Å². The average molecular weight is 379 g/mol. The topological polar surface area (TPSA) is 78.6 Å². The second-order valence-electron chi connectivity index (χ2n) is 8.46. The molecule has 27 heavy (non-hydrogen) atoms. The molecule has 0 unspecified atom stereocenters. The summed E-state index contributed by atoms with van der Waals surface area (Å²) in [5, 5.41) is 12.0. The van der Waals surface area contributed by atoms with Gasteiger partial charge in [-0.15, -0.1) is 0 Å². The van der Waals surface area contributed by atoms with Crippen LogP contribution in [-0.2, 0) is 0 Å². The molecule has 0 bridgehead atoms. The van der Waals surface area contributed by atoms with Gasteiger partial charge in [-0.05, 0) is 44.8 Å². The first-order chi connectivity index (χ1) is 12.7. The Hall–Kier alpha value is -1.96.